The van der Waals surface area contributed by atoms with Crippen LogP contribution < -0.4 is 0 Å². The number of allylic oxidation sites excluding steroid dienone is 2. The summed E-state index contributed by atoms with van der Waals surface area (Å²) in [6, 6.07) is 18.6. The van der Waals surface area contributed by atoms with E-state index in [1.54, 1.807) is 11.1 Å². The van der Waals surface area contributed by atoms with E-state index in [1.807, 2.05) is 0 Å². The van der Waals surface area contributed by atoms with Crippen LogP contribution in [0.2, 0.25) is 0 Å². The van der Waals surface area contributed by atoms with Crippen LogP contribution in [-0.2, 0) is 5.41 Å². The quantitative estimate of drug-likeness (QED) is 0.477. The zero-order valence-electron chi connectivity index (χ0n) is 16.1. The van der Waals surface area contributed by atoms with E-state index >= 15 is 0 Å². The molecule has 5 aliphatic carbocycles. The second-order valence-electron chi connectivity index (χ2n) is 10.3. The van der Waals surface area contributed by atoms with Gasteiger partial charge in [-0.1, -0.05) is 67.6 Å². The Labute approximate surface area is 162 Å². The largest absolute Gasteiger partial charge is 0.0848 e. The van der Waals surface area contributed by atoms with E-state index < -0.39 is 0 Å². The first-order chi connectivity index (χ1) is 13.3. The van der Waals surface area contributed by atoms with Crippen LogP contribution in [0, 0.1) is 41.4 Å². The summed E-state index contributed by atoms with van der Waals surface area (Å²) in [6.45, 7) is 2.62. The first kappa shape index (κ1) is 15.1. The van der Waals surface area contributed by atoms with E-state index in [0.29, 0.717) is 5.41 Å². The molecule has 136 valence electrons. The van der Waals surface area contributed by atoms with Crippen LogP contribution in [0.15, 0.2) is 60.7 Å². The number of benzene rings is 2. The normalized spacial score (nSPS) is 41.4. The SMILES string of the molecule is CC1C2CC3(CC2CC2C4C=CC(C4)C12)c1ccccc1-c1ccccc13. The maximum absolute atomic E-state index is 2.62. The van der Waals surface area contributed by atoms with Gasteiger partial charge in [-0.25, -0.2) is 0 Å². The molecular formula is C27H28. The Kier molecular flexibility index (Phi) is 2.78. The first-order valence-corrected chi connectivity index (χ1v) is 11.1. The van der Waals surface area contributed by atoms with Crippen molar-refractivity contribution in [2.24, 2.45) is 41.4 Å². The van der Waals surface area contributed by atoms with Crippen molar-refractivity contribution in [2.75, 3.05) is 0 Å². The molecule has 0 aromatic heterocycles. The van der Waals surface area contributed by atoms with Crippen molar-refractivity contribution in [1.29, 1.82) is 0 Å². The van der Waals surface area contributed by atoms with Crippen molar-refractivity contribution >= 4 is 0 Å². The van der Waals surface area contributed by atoms with Gasteiger partial charge in [-0.15, -0.1) is 0 Å². The molecule has 3 saturated carbocycles. The van der Waals surface area contributed by atoms with Gasteiger partial charge in [0, 0.05) is 5.41 Å². The summed E-state index contributed by atoms with van der Waals surface area (Å²) in [5.74, 6) is 6.50. The summed E-state index contributed by atoms with van der Waals surface area (Å²) < 4.78 is 0. The lowest BCUT2D eigenvalue weighted by Crippen LogP contribution is -2.38. The second kappa shape index (κ2) is 4.96. The molecule has 0 radical (unpaired) electrons. The van der Waals surface area contributed by atoms with Gasteiger partial charge in [0.15, 0.2) is 0 Å². The third kappa shape index (κ3) is 1.72. The zero-order valence-corrected chi connectivity index (χ0v) is 16.1. The average molecular weight is 353 g/mol. The highest BCUT2D eigenvalue weighted by molar-refractivity contribution is 5.81. The topological polar surface area (TPSA) is 0 Å². The van der Waals surface area contributed by atoms with Gasteiger partial charge in [0.25, 0.3) is 0 Å². The van der Waals surface area contributed by atoms with Crippen molar-refractivity contribution in [1.82, 2.24) is 0 Å². The predicted molar refractivity (Wildman–Crippen MR) is 110 cm³/mol. The van der Waals surface area contributed by atoms with Crippen LogP contribution in [0.25, 0.3) is 11.1 Å². The molecule has 1 spiro atoms. The number of fused-ring (bicyclic) bond motifs is 11. The lowest BCUT2D eigenvalue weighted by molar-refractivity contribution is 0.0573. The summed E-state index contributed by atoms with van der Waals surface area (Å²) in [5, 5.41) is 0. The fourth-order valence-electron chi connectivity index (χ4n) is 8.69. The Morgan fingerprint density at radius 1 is 0.741 bits per heavy atom. The summed E-state index contributed by atoms with van der Waals surface area (Å²) in [5.41, 5.74) is 6.60. The highest BCUT2D eigenvalue weighted by Gasteiger charge is 2.60. The molecule has 27 heavy (non-hydrogen) atoms. The molecule has 0 N–H and O–H groups in total. The Balaban J connectivity index is 1.36. The lowest BCUT2D eigenvalue weighted by Gasteiger charge is -2.44. The van der Waals surface area contributed by atoms with Crippen LogP contribution in [0.3, 0.4) is 0 Å². The molecule has 2 bridgehead atoms. The monoisotopic (exact) mass is 352 g/mol. The molecule has 2 aromatic rings. The average Bonchev–Trinajstić information content (AvgIpc) is 3.45. The van der Waals surface area contributed by atoms with Crippen LogP contribution in [0.5, 0.6) is 0 Å². The molecule has 0 heteroatoms. The Hall–Kier alpha value is -1.82. The minimum atomic E-state index is 0.294. The van der Waals surface area contributed by atoms with Crippen molar-refractivity contribution < 1.29 is 0 Å². The van der Waals surface area contributed by atoms with E-state index in [1.165, 1.54) is 36.8 Å². The fraction of sp³-hybridized carbons (Fsp3) is 0.481. The third-order valence-corrected chi connectivity index (χ3v) is 9.52. The standard InChI is InChI=1S/C27H28/c1-16-23-15-27(14-19(23)13-22-17-10-11-18(12-17)26(16)22)24-8-4-2-6-20(24)21-7-3-5-9-25(21)27/h2-11,16-19,22-23,26H,12-15H2,1H3. The highest BCUT2D eigenvalue weighted by Crippen LogP contribution is 2.67. The van der Waals surface area contributed by atoms with Gasteiger partial charge in [-0.3, -0.25) is 0 Å². The van der Waals surface area contributed by atoms with E-state index in [4.69, 9.17) is 0 Å². The Bertz CT molecular complexity index is 920. The fourth-order valence-corrected chi connectivity index (χ4v) is 8.69. The second-order valence-corrected chi connectivity index (χ2v) is 10.3. The summed E-state index contributed by atoms with van der Waals surface area (Å²) in [6.07, 6.45) is 10.9. The molecule has 7 unspecified atom stereocenters. The summed E-state index contributed by atoms with van der Waals surface area (Å²) in [4.78, 5) is 0. The van der Waals surface area contributed by atoms with Gasteiger partial charge in [0.2, 0.25) is 0 Å². The van der Waals surface area contributed by atoms with Crippen LogP contribution >= 0.6 is 0 Å². The van der Waals surface area contributed by atoms with E-state index in [-0.39, 0.29) is 0 Å². The van der Waals surface area contributed by atoms with Gasteiger partial charge in [0.05, 0.1) is 0 Å². The van der Waals surface area contributed by atoms with E-state index in [0.717, 1.165) is 41.4 Å². The van der Waals surface area contributed by atoms with Crippen LogP contribution in [0.4, 0.5) is 0 Å². The van der Waals surface area contributed by atoms with Crippen LogP contribution in [-0.4, -0.2) is 0 Å². The smallest absolute Gasteiger partial charge is 0.0220 e. The molecule has 0 aliphatic heterocycles. The summed E-state index contributed by atoms with van der Waals surface area (Å²) in [7, 11) is 0. The van der Waals surface area contributed by atoms with E-state index in [2.05, 4.69) is 67.6 Å². The van der Waals surface area contributed by atoms with Gasteiger partial charge < -0.3 is 0 Å². The lowest BCUT2D eigenvalue weighted by atomic mass is 9.60. The molecule has 5 aliphatic rings. The first-order valence-electron chi connectivity index (χ1n) is 11.1. The predicted octanol–water partition coefficient (Wildman–Crippen LogP) is 6.46. The van der Waals surface area contributed by atoms with Gasteiger partial charge in [0.1, 0.15) is 0 Å². The molecule has 3 fully saturated rings. The maximum Gasteiger partial charge on any atom is 0.0220 e. The molecular weight excluding hydrogens is 324 g/mol. The number of hydrogen-bond acceptors (Lipinski definition) is 0. The maximum atomic E-state index is 2.62. The van der Waals surface area contributed by atoms with Gasteiger partial charge >= 0.3 is 0 Å². The molecule has 0 amide bonds. The number of rotatable bonds is 0. The third-order valence-electron chi connectivity index (χ3n) is 9.52. The molecule has 7 atom stereocenters. The van der Waals surface area contributed by atoms with Crippen molar-refractivity contribution in [2.45, 2.75) is 38.0 Å². The highest BCUT2D eigenvalue weighted by atomic mass is 14.6. The van der Waals surface area contributed by atoms with Crippen molar-refractivity contribution in [3.8, 4) is 11.1 Å². The molecule has 0 nitrogen and oxygen atoms in total. The van der Waals surface area contributed by atoms with Crippen molar-refractivity contribution in [3.05, 3.63) is 71.8 Å². The zero-order chi connectivity index (χ0) is 17.8. The summed E-state index contributed by atoms with van der Waals surface area (Å²) >= 11 is 0. The molecule has 7 rings (SSSR count). The Morgan fingerprint density at radius 3 is 2.15 bits per heavy atom. The molecule has 2 aromatic carbocycles. The van der Waals surface area contributed by atoms with E-state index in [9.17, 15) is 0 Å². The molecule has 0 heterocycles. The Morgan fingerprint density at radius 2 is 1.41 bits per heavy atom. The minimum Gasteiger partial charge on any atom is -0.0848 e. The molecule has 0 saturated heterocycles. The van der Waals surface area contributed by atoms with Crippen LogP contribution in [0.1, 0.15) is 43.7 Å². The van der Waals surface area contributed by atoms with Gasteiger partial charge in [-0.05, 0) is 89.4 Å². The van der Waals surface area contributed by atoms with Crippen molar-refractivity contribution in [3.63, 3.8) is 0 Å². The minimum absolute atomic E-state index is 0.294. The number of hydrogen-bond donors (Lipinski definition) is 0. The van der Waals surface area contributed by atoms with Gasteiger partial charge in [-0.2, -0.15) is 0 Å².